The lowest BCUT2D eigenvalue weighted by molar-refractivity contribution is 0.483. The minimum atomic E-state index is 0.386. The van der Waals surface area contributed by atoms with Gasteiger partial charge in [0.05, 0.1) is 6.20 Å². The molecule has 2 N–H and O–H groups in total. The average Bonchev–Trinajstić information content (AvgIpc) is 2.72. The van der Waals surface area contributed by atoms with Crippen LogP contribution in [0.15, 0.2) is 85.1 Å². The number of rotatable bonds is 6. The zero-order valence-corrected chi connectivity index (χ0v) is 15.5. The van der Waals surface area contributed by atoms with E-state index in [1.165, 1.54) is 0 Å². The first kappa shape index (κ1) is 17.8. The summed E-state index contributed by atoms with van der Waals surface area (Å²) in [5, 5.41) is 14.9. The van der Waals surface area contributed by atoms with Crippen LogP contribution in [-0.2, 0) is 0 Å². The maximum Gasteiger partial charge on any atom is 0.249 e. The molecule has 1 heterocycles. The zero-order chi connectivity index (χ0) is 19.2. The van der Waals surface area contributed by atoms with E-state index in [0.29, 0.717) is 16.8 Å². The molecule has 28 heavy (non-hydrogen) atoms. The fourth-order valence-electron chi connectivity index (χ4n) is 2.46. The lowest BCUT2D eigenvalue weighted by Gasteiger charge is -2.09. The number of benzene rings is 3. The second-order valence-electron chi connectivity index (χ2n) is 5.86. The predicted molar refractivity (Wildman–Crippen MR) is 111 cm³/mol. The molecule has 0 saturated carbocycles. The number of aromatic nitrogens is 3. The molecule has 0 spiro atoms. The van der Waals surface area contributed by atoms with Crippen LogP contribution >= 0.6 is 11.6 Å². The summed E-state index contributed by atoms with van der Waals surface area (Å²) in [4.78, 5) is 4.42. The summed E-state index contributed by atoms with van der Waals surface area (Å²) in [5.74, 6) is 2.50. The molecule has 0 bridgehead atoms. The molecule has 0 saturated heterocycles. The van der Waals surface area contributed by atoms with Crippen LogP contribution in [0.3, 0.4) is 0 Å². The largest absolute Gasteiger partial charge is 0.457 e. The Hall–Kier alpha value is -3.64. The molecule has 6 nitrogen and oxygen atoms in total. The van der Waals surface area contributed by atoms with E-state index in [1.54, 1.807) is 18.3 Å². The van der Waals surface area contributed by atoms with Crippen molar-refractivity contribution in [2.75, 3.05) is 10.6 Å². The third kappa shape index (κ3) is 4.75. The van der Waals surface area contributed by atoms with Crippen LogP contribution in [0.2, 0.25) is 5.02 Å². The maximum absolute atomic E-state index is 5.90. The number of hydrogen-bond acceptors (Lipinski definition) is 6. The van der Waals surface area contributed by atoms with Crippen molar-refractivity contribution in [3.63, 3.8) is 0 Å². The normalized spacial score (nSPS) is 10.3. The average molecular weight is 390 g/mol. The number of anilines is 4. The Kier molecular flexibility index (Phi) is 5.31. The van der Waals surface area contributed by atoms with Gasteiger partial charge in [0.2, 0.25) is 5.95 Å². The van der Waals surface area contributed by atoms with Crippen molar-refractivity contribution >= 4 is 34.7 Å². The van der Waals surface area contributed by atoms with E-state index >= 15 is 0 Å². The molecule has 0 atom stereocenters. The lowest BCUT2D eigenvalue weighted by atomic mass is 10.3. The molecule has 0 radical (unpaired) electrons. The number of para-hydroxylation sites is 1. The summed E-state index contributed by atoms with van der Waals surface area (Å²) in [6, 6.07) is 24.5. The predicted octanol–water partition coefficient (Wildman–Crippen LogP) is 5.80. The van der Waals surface area contributed by atoms with E-state index in [4.69, 9.17) is 16.3 Å². The lowest BCUT2D eigenvalue weighted by Crippen LogP contribution is -2.02. The third-order valence-corrected chi connectivity index (χ3v) is 4.02. The number of hydrogen-bond donors (Lipinski definition) is 2. The first-order valence-corrected chi connectivity index (χ1v) is 8.95. The SMILES string of the molecule is Clc1ccc(Nc2nncc(Nc3ccc(Oc4ccccc4)cc3)n2)cc1. The van der Waals surface area contributed by atoms with Crippen LogP contribution in [0.4, 0.5) is 23.1 Å². The molecule has 138 valence electrons. The summed E-state index contributed by atoms with van der Waals surface area (Å²) >= 11 is 5.90. The van der Waals surface area contributed by atoms with Crippen molar-refractivity contribution in [1.82, 2.24) is 15.2 Å². The number of halogens is 1. The Balaban J connectivity index is 1.42. The van der Waals surface area contributed by atoms with Crippen LogP contribution in [0.25, 0.3) is 0 Å². The van der Waals surface area contributed by atoms with Crippen molar-refractivity contribution in [3.05, 3.63) is 90.1 Å². The van der Waals surface area contributed by atoms with Gasteiger partial charge in [-0.2, -0.15) is 10.1 Å². The van der Waals surface area contributed by atoms with Gasteiger partial charge in [-0.15, -0.1) is 5.10 Å². The van der Waals surface area contributed by atoms with Crippen LogP contribution in [0.1, 0.15) is 0 Å². The van der Waals surface area contributed by atoms with Crippen LogP contribution in [0, 0.1) is 0 Å². The fourth-order valence-corrected chi connectivity index (χ4v) is 2.58. The van der Waals surface area contributed by atoms with Gasteiger partial charge in [-0.05, 0) is 60.7 Å². The molecular weight excluding hydrogens is 374 g/mol. The van der Waals surface area contributed by atoms with E-state index < -0.39 is 0 Å². The molecule has 4 rings (SSSR count). The highest BCUT2D eigenvalue weighted by Gasteiger charge is 2.03. The van der Waals surface area contributed by atoms with Gasteiger partial charge in [-0.25, -0.2) is 0 Å². The molecule has 4 aromatic rings. The standard InChI is InChI=1S/C21H16ClN5O/c22-15-6-8-17(9-7-15)25-21-26-20(14-23-27-21)24-16-10-12-19(13-11-16)28-18-4-2-1-3-5-18/h1-14H,(H2,24,25,26,27). The molecule has 3 aromatic carbocycles. The molecule has 0 amide bonds. The Bertz CT molecular complexity index is 1040. The molecule has 1 aromatic heterocycles. The fraction of sp³-hybridized carbons (Fsp3) is 0. The minimum Gasteiger partial charge on any atom is -0.457 e. The third-order valence-electron chi connectivity index (χ3n) is 3.76. The number of ether oxygens (including phenoxy) is 1. The zero-order valence-electron chi connectivity index (χ0n) is 14.7. The highest BCUT2D eigenvalue weighted by Crippen LogP contribution is 2.24. The van der Waals surface area contributed by atoms with Gasteiger partial charge < -0.3 is 15.4 Å². The van der Waals surface area contributed by atoms with E-state index in [0.717, 1.165) is 22.9 Å². The van der Waals surface area contributed by atoms with Gasteiger partial charge in [0.25, 0.3) is 0 Å². The van der Waals surface area contributed by atoms with E-state index in [-0.39, 0.29) is 0 Å². The van der Waals surface area contributed by atoms with Gasteiger partial charge in [0, 0.05) is 16.4 Å². The highest BCUT2D eigenvalue weighted by atomic mass is 35.5. The molecular formula is C21H16ClN5O. The summed E-state index contributed by atoms with van der Waals surface area (Å²) in [6.45, 7) is 0. The summed E-state index contributed by atoms with van der Waals surface area (Å²) in [6.07, 6.45) is 1.56. The monoisotopic (exact) mass is 389 g/mol. The molecule has 0 aliphatic carbocycles. The Labute approximate surface area is 167 Å². The first-order valence-electron chi connectivity index (χ1n) is 8.57. The van der Waals surface area contributed by atoms with E-state index in [9.17, 15) is 0 Å². The van der Waals surface area contributed by atoms with Gasteiger partial charge in [-0.3, -0.25) is 0 Å². The van der Waals surface area contributed by atoms with Crippen LogP contribution in [-0.4, -0.2) is 15.2 Å². The minimum absolute atomic E-state index is 0.386. The topological polar surface area (TPSA) is 72.0 Å². The molecule has 0 aliphatic rings. The van der Waals surface area contributed by atoms with E-state index in [2.05, 4.69) is 25.8 Å². The van der Waals surface area contributed by atoms with Gasteiger partial charge in [0.15, 0.2) is 5.82 Å². The van der Waals surface area contributed by atoms with Crippen molar-refractivity contribution in [1.29, 1.82) is 0 Å². The van der Waals surface area contributed by atoms with Gasteiger partial charge in [-0.1, -0.05) is 29.8 Å². The first-order chi connectivity index (χ1) is 13.7. The second-order valence-corrected chi connectivity index (χ2v) is 6.30. The van der Waals surface area contributed by atoms with Crippen LogP contribution < -0.4 is 15.4 Å². The van der Waals surface area contributed by atoms with Crippen molar-refractivity contribution in [2.45, 2.75) is 0 Å². The molecule has 0 aliphatic heterocycles. The smallest absolute Gasteiger partial charge is 0.249 e. The highest BCUT2D eigenvalue weighted by molar-refractivity contribution is 6.30. The summed E-state index contributed by atoms with van der Waals surface area (Å²) < 4.78 is 5.79. The Morgan fingerprint density at radius 3 is 2.11 bits per heavy atom. The quantitative estimate of drug-likeness (QED) is 0.434. The van der Waals surface area contributed by atoms with Gasteiger partial charge in [0.1, 0.15) is 11.5 Å². The molecule has 0 fully saturated rings. The Morgan fingerprint density at radius 2 is 1.36 bits per heavy atom. The van der Waals surface area contributed by atoms with Crippen molar-refractivity contribution in [2.24, 2.45) is 0 Å². The molecule has 7 heteroatoms. The maximum atomic E-state index is 5.90. The summed E-state index contributed by atoms with van der Waals surface area (Å²) in [5.41, 5.74) is 1.68. The Morgan fingerprint density at radius 1 is 0.714 bits per heavy atom. The number of nitrogens with one attached hydrogen (secondary N) is 2. The second kappa shape index (κ2) is 8.37. The summed E-state index contributed by atoms with van der Waals surface area (Å²) in [7, 11) is 0. The van der Waals surface area contributed by atoms with Gasteiger partial charge >= 0.3 is 0 Å². The van der Waals surface area contributed by atoms with Crippen molar-refractivity contribution in [3.8, 4) is 11.5 Å². The van der Waals surface area contributed by atoms with E-state index in [1.807, 2.05) is 66.7 Å². The number of nitrogens with zero attached hydrogens (tertiary/aromatic N) is 3. The van der Waals surface area contributed by atoms with Crippen LogP contribution in [0.5, 0.6) is 11.5 Å². The molecule has 0 unspecified atom stereocenters. The van der Waals surface area contributed by atoms with Crippen molar-refractivity contribution < 1.29 is 4.74 Å².